The molecule has 0 radical (unpaired) electrons. The summed E-state index contributed by atoms with van der Waals surface area (Å²) in [6.07, 6.45) is 10.6. The first-order chi connectivity index (χ1) is 7.72. The van der Waals surface area contributed by atoms with Crippen molar-refractivity contribution < 1.29 is 0 Å². The number of nitrogens with two attached hydrogens (primary N) is 1. The van der Waals surface area contributed by atoms with Gasteiger partial charge in [0.1, 0.15) is 0 Å². The average Bonchev–Trinajstić information content (AvgIpc) is 2.71. The van der Waals surface area contributed by atoms with Gasteiger partial charge in [-0.1, -0.05) is 0 Å². The van der Waals surface area contributed by atoms with E-state index in [1.54, 1.807) is 0 Å². The Kier molecular flexibility index (Phi) is 2.51. The Labute approximate surface area is 97.0 Å². The van der Waals surface area contributed by atoms with Crippen LogP contribution in [0.5, 0.6) is 0 Å². The van der Waals surface area contributed by atoms with E-state index in [4.69, 9.17) is 5.73 Å². The zero-order valence-electron chi connectivity index (χ0n) is 9.97. The zero-order valence-corrected chi connectivity index (χ0v) is 9.97. The summed E-state index contributed by atoms with van der Waals surface area (Å²) < 4.78 is 1.87. The topological polar surface area (TPSA) is 43.8 Å². The predicted molar refractivity (Wildman–Crippen MR) is 63.8 cm³/mol. The number of nitrogens with zero attached hydrogens (tertiary/aromatic N) is 2. The highest BCUT2D eigenvalue weighted by molar-refractivity contribution is 5.05. The van der Waals surface area contributed by atoms with Crippen LogP contribution in [0.3, 0.4) is 0 Å². The van der Waals surface area contributed by atoms with Crippen LogP contribution in [0.2, 0.25) is 0 Å². The molecule has 3 heteroatoms. The van der Waals surface area contributed by atoms with E-state index in [-0.39, 0.29) is 0 Å². The van der Waals surface area contributed by atoms with Gasteiger partial charge >= 0.3 is 0 Å². The Morgan fingerprint density at radius 3 is 2.81 bits per heavy atom. The number of hydrogen-bond donors (Lipinski definition) is 1. The van der Waals surface area contributed by atoms with Crippen molar-refractivity contribution in [3.05, 3.63) is 18.0 Å². The Balaban J connectivity index is 1.47. The van der Waals surface area contributed by atoms with Crippen molar-refractivity contribution in [3.8, 4) is 0 Å². The molecule has 16 heavy (non-hydrogen) atoms. The van der Waals surface area contributed by atoms with E-state index in [0.717, 1.165) is 30.6 Å². The Hall–Kier alpha value is -0.830. The van der Waals surface area contributed by atoms with E-state index in [2.05, 4.69) is 11.3 Å². The summed E-state index contributed by atoms with van der Waals surface area (Å²) in [5, 5.41) is 4.19. The summed E-state index contributed by atoms with van der Waals surface area (Å²) in [5.74, 6) is 2.91. The van der Waals surface area contributed by atoms with Gasteiger partial charge in [0.25, 0.3) is 0 Å². The highest BCUT2D eigenvalue weighted by Gasteiger charge is 2.46. The third kappa shape index (κ3) is 2.01. The van der Waals surface area contributed by atoms with Gasteiger partial charge in [-0.3, -0.25) is 4.68 Å². The molecule has 0 saturated heterocycles. The van der Waals surface area contributed by atoms with Gasteiger partial charge in [-0.05, 0) is 55.4 Å². The second-order valence-electron chi connectivity index (χ2n) is 5.71. The van der Waals surface area contributed by atoms with E-state index in [0.29, 0.717) is 6.04 Å². The minimum atomic E-state index is 0.410. The van der Waals surface area contributed by atoms with Crippen molar-refractivity contribution in [3.63, 3.8) is 0 Å². The van der Waals surface area contributed by atoms with Crippen LogP contribution in [-0.4, -0.2) is 15.8 Å². The third-order valence-corrected chi connectivity index (χ3v) is 4.41. The molecule has 3 unspecified atom stereocenters. The summed E-state index contributed by atoms with van der Waals surface area (Å²) >= 11 is 0. The first-order valence-corrected chi connectivity index (χ1v) is 6.45. The molecular weight excluding hydrogens is 198 g/mol. The van der Waals surface area contributed by atoms with Gasteiger partial charge in [-0.25, -0.2) is 0 Å². The van der Waals surface area contributed by atoms with Gasteiger partial charge in [0.05, 0.1) is 6.20 Å². The van der Waals surface area contributed by atoms with E-state index >= 15 is 0 Å². The van der Waals surface area contributed by atoms with Crippen LogP contribution in [0, 0.1) is 17.8 Å². The van der Waals surface area contributed by atoms with Crippen LogP contribution in [0.25, 0.3) is 0 Å². The predicted octanol–water partition coefficient (Wildman–Crippen LogP) is 1.73. The largest absolute Gasteiger partial charge is 0.327 e. The lowest BCUT2D eigenvalue weighted by molar-refractivity contribution is 0.377. The van der Waals surface area contributed by atoms with Crippen LogP contribution in [-0.2, 0) is 13.5 Å². The first-order valence-electron chi connectivity index (χ1n) is 6.45. The quantitative estimate of drug-likeness (QED) is 0.838. The molecule has 0 bridgehead atoms. The maximum atomic E-state index is 6.29. The first kappa shape index (κ1) is 10.3. The van der Waals surface area contributed by atoms with Crippen LogP contribution >= 0.6 is 0 Å². The maximum absolute atomic E-state index is 6.29. The second kappa shape index (κ2) is 3.88. The number of fused-ring (bicyclic) bond motifs is 1. The van der Waals surface area contributed by atoms with Crippen LogP contribution in [0.15, 0.2) is 12.4 Å². The monoisotopic (exact) mass is 219 g/mol. The van der Waals surface area contributed by atoms with Crippen molar-refractivity contribution in [1.82, 2.24) is 9.78 Å². The van der Waals surface area contributed by atoms with Crippen molar-refractivity contribution in [2.45, 2.75) is 38.1 Å². The van der Waals surface area contributed by atoms with Gasteiger partial charge in [-0.2, -0.15) is 5.10 Å². The minimum absolute atomic E-state index is 0.410. The molecule has 1 aromatic rings. The molecule has 3 atom stereocenters. The van der Waals surface area contributed by atoms with Crippen molar-refractivity contribution in [1.29, 1.82) is 0 Å². The molecule has 3 rings (SSSR count). The van der Waals surface area contributed by atoms with Crippen molar-refractivity contribution >= 4 is 0 Å². The molecular formula is C13H21N3. The summed E-state index contributed by atoms with van der Waals surface area (Å²) in [5.41, 5.74) is 7.61. The maximum Gasteiger partial charge on any atom is 0.0521 e. The fourth-order valence-electron chi connectivity index (χ4n) is 3.28. The van der Waals surface area contributed by atoms with Gasteiger partial charge in [-0.15, -0.1) is 0 Å². The van der Waals surface area contributed by atoms with E-state index in [1.165, 1.54) is 24.8 Å². The molecule has 3 nitrogen and oxygen atoms in total. The summed E-state index contributed by atoms with van der Waals surface area (Å²) in [6.45, 7) is 0. The number of rotatable bonds is 4. The molecule has 1 aromatic heterocycles. The molecule has 2 saturated carbocycles. The summed E-state index contributed by atoms with van der Waals surface area (Å²) in [7, 11) is 1.97. The Bertz CT molecular complexity index is 361. The number of aromatic nitrogens is 2. The van der Waals surface area contributed by atoms with Crippen molar-refractivity contribution in [2.24, 2.45) is 30.5 Å². The Morgan fingerprint density at radius 2 is 2.19 bits per heavy atom. The summed E-state index contributed by atoms with van der Waals surface area (Å²) in [6, 6.07) is 0.410. The molecule has 0 spiro atoms. The highest BCUT2D eigenvalue weighted by Crippen LogP contribution is 2.55. The minimum Gasteiger partial charge on any atom is -0.327 e. The molecule has 88 valence electrons. The lowest BCUT2D eigenvalue weighted by atomic mass is 9.91. The van der Waals surface area contributed by atoms with Crippen LogP contribution < -0.4 is 5.73 Å². The van der Waals surface area contributed by atoms with Gasteiger partial charge in [0.2, 0.25) is 0 Å². The molecule has 1 heterocycles. The highest BCUT2D eigenvalue weighted by atomic mass is 15.2. The fraction of sp³-hybridized carbons (Fsp3) is 0.769. The smallest absolute Gasteiger partial charge is 0.0521 e. The van der Waals surface area contributed by atoms with Gasteiger partial charge in [0, 0.05) is 19.3 Å². The molecule has 2 fully saturated rings. The lowest BCUT2D eigenvalue weighted by Crippen LogP contribution is -2.29. The molecule has 2 aliphatic carbocycles. The number of hydrogen-bond acceptors (Lipinski definition) is 2. The van der Waals surface area contributed by atoms with Gasteiger partial charge in [0.15, 0.2) is 0 Å². The van der Waals surface area contributed by atoms with E-state index in [9.17, 15) is 0 Å². The Morgan fingerprint density at radius 1 is 1.44 bits per heavy atom. The van der Waals surface area contributed by atoms with Gasteiger partial charge < -0.3 is 5.73 Å². The van der Waals surface area contributed by atoms with Crippen LogP contribution in [0.4, 0.5) is 0 Å². The normalized spacial score (nSPS) is 33.8. The van der Waals surface area contributed by atoms with E-state index < -0.39 is 0 Å². The fourth-order valence-corrected chi connectivity index (χ4v) is 3.28. The zero-order chi connectivity index (χ0) is 11.1. The average molecular weight is 219 g/mol. The summed E-state index contributed by atoms with van der Waals surface area (Å²) in [4.78, 5) is 0. The standard InChI is InChI=1S/C13H21N3/c1-16-8-9(7-15-16)2-3-13(14)12-5-10-4-11(10)6-12/h7-8,10-13H,2-6,14H2,1H3. The molecule has 0 aliphatic heterocycles. The van der Waals surface area contributed by atoms with Crippen LogP contribution in [0.1, 0.15) is 31.2 Å². The lowest BCUT2D eigenvalue weighted by Gasteiger charge is -2.20. The number of aryl methyl sites for hydroxylation is 2. The molecule has 2 N–H and O–H groups in total. The second-order valence-corrected chi connectivity index (χ2v) is 5.71. The molecule has 0 aromatic carbocycles. The van der Waals surface area contributed by atoms with Crippen molar-refractivity contribution in [2.75, 3.05) is 0 Å². The molecule has 0 amide bonds. The molecule has 2 aliphatic rings. The SMILES string of the molecule is Cn1cc(CCC(N)C2CC3CC3C2)cn1. The third-order valence-electron chi connectivity index (χ3n) is 4.41. The van der Waals surface area contributed by atoms with E-state index in [1.807, 2.05) is 17.9 Å².